The van der Waals surface area contributed by atoms with Gasteiger partial charge in [0, 0.05) is 36.3 Å². The Morgan fingerprint density at radius 1 is 0.947 bits per heavy atom. The number of carbonyl (C=O) groups is 2. The molecule has 0 radical (unpaired) electrons. The minimum absolute atomic E-state index is 0.166. The van der Waals surface area contributed by atoms with Gasteiger partial charge in [0.2, 0.25) is 17.7 Å². The number of methoxy groups -OCH3 is 2. The number of benzene rings is 2. The average molecular weight is 529 g/mol. The number of ether oxygens (including phenoxy) is 4. The van der Waals surface area contributed by atoms with Gasteiger partial charge in [0.25, 0.3) is 0 Å². The molecular formula is C26H22F3N3O6. The first-order valence-electron chi connectivity index (χ1n) is 11.2. The summed E-state index contributed by atoms with van der Waals surface area (Å²) in [5.74, 6) is -1.47. The molecule has 1 aliphatic carbocycles. The molecule has 1 aromatic heterocycles. The standard InChI is InChI=1S/C26H22F3N3O6/c1-35-8-9-37-23-12-17-16(10-22(23)36-2)25(31-14-30-17)32-18-11-20(34)21(13-19(18)33)38-24(26(27,28)29)15-6-4-3-5-7-15/h3-7,10-14,24H,8-9H2,1-2H3,(H,30,31,32). The molecule has 1 unspecified atom stereocenters. The van der Waals surface area contributed by atoms with Crippen LogP contribution in [0, 0.1) is 0 Å². The van der Waals surface area contributed by atoms with Crippen molar-refractivity contribution in [3.05, 3.63) is 78.0 Å². The molecule has 3 aromatic rings. The van der Waals surface area contributed by atoms with Crippen molar-refractivity contribution in [3.63, 3.8) is 0 Å². The zero-order chi connectivity index (χ0) is 27.3. The minimum Gasteiger partial charge on any atom is -0.493 e. The van der Waals surface area contributed by atoms with Gasteiger partial charge in [-0.2, -0.15) is 13.2 Å². The molecule has 9 nitrogen and oxygen atoms in total. The number of nitrogens with zero attached hydrogens (tertiary/aromatic N) is 2. The monoisotopic (exact) mass is 529 g/mol. The lowest BCUT2D eigenvalue weighted by atomic mass is 10.1. The first-order chi connectivity index (χ1) is 18.2. The van der Waals surface area contributed by atoms with Crippen LogP contribution in [0.5, 0.6) is 11.5 Å². The van der Waals surface area contributed by atoms with Gasteiger partial charge in [0.05, 0.1) is 24.9 Å². The molecule has 4 rings (SSSR count). The summed E-state index contributed by atoms with van der Waals surface area (Å²) in [6.45, 7) is 0.630. The molecule has 198 valence electrons. The summed E-state index contributed by atoms with van der Waals surface area (Å²) in [5.41, 5.74) is 0.0346. The molecule has 0 spiro atoms. The SMILES string of the molecule is COCCOc1cc2ncnc(NC3=CC(=O)C(OC(c4ccccc4)C(F)(F)F)=CC3=O)c2cc1OC. The second kappa shape index (κ2) is 11.3. The van der Waals surface area contributed by atoms with Gasteiger partial charge in [-0.3, -0.25) is 9.59 Å². The van der Waals surface area contributed by atoms with Crippen LogP contribution < -0.4 is 14.8 Å². The molecular weight excluding hydrogens is 507 g/mol. The second-order valence-corrected chi connectivity index (χ2v) is 7.95. The van der Waals surface area contributed by atoms with Crippen LogP contribution in [0.15, 0.2) is 72.4 Å². The zero-order valence-corrected chi connectivity index (χ0v) is 20.2. The Bertz CT molecular complexity index is 1410. The van der Waals surface area contributed by atoms with Crippen LogP contribution in [-0.2, 0) is 19.1 Å². The molecule has 0 fully saturated rings. The van der Waals surface area contributed by atoms with E-state index in [1.165, 1.54) is 37.7 Å². The van der Waals surface area contributed by atoms with Gasteiger partial charge in [-0.05, 0) is 6.07 Å². The quantitative estimate of drug-likeness (QED) is 0.303. The van der Waals surface area contributed by atoms with Crippen LogP contribution in [0.25, 0.3) is 10.9 Å². The topological polar surface area (TPSA) is 109 Å². The molecule has 1 atom stereocenters. The Labute approximate surface area is 214 Å². The summed E-state index contributed by atoms with van der Waals surface area (Å²) in [4.78, 5) is 33.8. The van der Waals surface area contributed by atoms with Gasteiger partial charge in [0.1, 0.15) is 18.8 Å². The maximum Gasteiger partial charge on any atom is 0.429 e. The summed E-state index contributed by atoms with van der Waals surface area (Å²) in [6.07, 6.45) is -4.42. The summed E-state index contributed by atoms with van der Waals surface area (Å²) >= 11 is 0. The first kappa shape index (κ1) is 26.6. The fourth-order valence-electron chi connectivity index (χ4n) is 3.61. The van der Waals surface area contributed by atoms with Gasteiger partial charge in [-0.1, -0.05) is 30.3 Å². The number of hydrogen-bond acceptors (Lipinski definition) is 9. The van der Waals surface area contributed by atoms with E-state index in [2.05, 4.69) is 15.3 Å². The smallest absolute Gasteiger partial charge is 0.429 e. The van der Waals surface area contributed by atoms with Gasteiger partial charge >= 0.3 is 6.18 Å². The number of halogens is 3. The van der Waals surface area contributed by atoms with E-state index in [1.54, 1.807) is 25.3 Å². The van der Waals surface area contributed by atoms with Gasteiger partial charge in [-0.15, -0.1) is 0 Å². The molecule has 12 heteroatoms. The third-order valence-corrected chi connectivity index (χ3v) is 5.41. The number of nitrogens with one attached hydrogen (secondary N) is 1. The van der Waals surface area contributed by atoms with E-state index in [9.17, 15) is 22.8 Å². The normalized spacial score (nSPS) is 14.6. The number of rotatable bonds is 10. The van der Waals surface area contributed by atoms with E-state index in [4.69, 9.17) is 18.9 Å². The van der Waals surface area contributed by atoms with E-state index in [1.807, 2.05) is 0 Å². The zero-order valence-electron chi connectivity index (χ0n) is 20.2. The van der Waals surface area contributed by atoms with Crippen molar-refractivity contribution in [2.24, 2.45) is 0 Å². The highest BCUT2D eigenvalue weighted by Crippen LogP contribution is 2.38. The highest BCUT2D eigenvalue weighted by Gasteiger charge is 2.44. The number of alkyl halides is 3. The lowest BCUT2D eigenvalue weighted by Crippen LogP contribution is -2.27. The Morgan fingerprint density at radius 2 is 1.71 bits per heavy atom. The molecule has 1 N–H and O–H groups in total. The van der Waals surface area contributed by atoms with Crippen molar-refractivity contribution < 1.29 is 41.7 Å². The van der Waals surface area contributed by atoms with E-state index in [0.29, 0.717) is 29.0 Å². The van der Waals surface area contributed by atoms with Crippen molar-refractivity contribution >= 4 is 28.3 Å². The maximum atomic E-state index is 13.7. The number of hydrogen-bond donors (Lipinski definition) is 1. The predicted octanol–water partition coefficient (Wildman–Crippen LogP) is 4.32. The van der Waals surface area contributed by atoms with Crippen LogP contribution in [0.4, 0.5) is 19.0 Å². The van der Waals surface area contributed by atoms with Crippen molar-refractivity contribution in [1.82, 2.24) is 9.97 Å². The predicted molar refractivity (Wildman–Crippen MR) is 130 cm³/mol. The van der Waals surface area contributed by atoms with Crippen LogP contribution in [0.3, 0.4) is 0 Å². The van der Waals surface area contributed by atoms with E-state index < -0.39 is 29.6 Å². The summed E-state index contributed by atoms with van der Waals surface area (Å²) < 4.78 is 62.0. The largest absolute Gasteiger partial charge is 0.493 e. The molecule has 1 heterocycles. The molecule has 0 saturated heterocycles. The third-order valence-electron chi connectivity index (χ3n) is 5.41. The lowest BCUT2D eigenvalue weighted by Gasteiger charge is -2.24. The highest BCUT2D eigenvalue weighted by molar-refractivity contribution is 6.20. The van der Waals surface area contributed by atoms with E-state index in [-0.39, 0.29) is 23.7 Å². The van der Waals surface area contributed by atoms with Gasteiger partial charge in [0.15, 0.2) is 17.3 Å². The minimum atomic E-state index is -4.82. The molecule has 0 saturated carbocycles. The molecule has 0 aliphatic heterocycles. The third kappa shape index (κ3) is 5.92. The number of fused-ring (bicyclic) bond motifs is 1. The van der Waals surface area contributed by atoms with Gasteiger partial charge in [-0.25, -0.2) is 9.97 Å². The Balaban J connectivity index is 1.58. The number of anilines is 1. The molecule has 0 bridgehead atoms. The highest BCUT2D eigenvalue weighted by atomic mass is 19.4. The van der Waals surface area contributed by atoms with E-state index >= 15 is 0 Å². The summed E-state index contributed by atoms with van der Waals surface area (Å²) in [7, 11) is 2.99. The summed E-state index contributed by atoms with van der Waals surface area (Å²) in [6, 6.07) is 10.0. The first-order valence-corrected chi connectivity index (χ1v) is 11.2. The number of allylic oxidation sites excluding steroid dienone is 2. The number of aromatic nitrogens is 2. The van der Waals surface area contributed by atoms with Crippen LogP contribution in [-0.4, -0.2) is 55.1 Å². The second-order valence-electron chi connectivity index (χ2n) is 7.95. The maximum absolute atomic E-state index is 13.7. The van der Waals surface area contributed by atoms with Gasteiger partial charge < -0.3 is 24.3 Å². The van der Waals surface area contributed by atoms with Crippen molar-refractivity contribution in [2.45, 2.75) is 12.3 Å². The van der Waals surface area contributed by atoms with Crippen molar-refractivity contribution in [3.8, 4) is 11.5 Å². The Hall–Kier alpha value is -4.45. The molecule has 0 amide bonds. The molecule has 38 heavy (non-hydrogen) atoms. The lowest BCUT2D eigenvalue weighted by molar-refractivity contribution is -0.212. The van der Waals surface area contributed by atoms with E-state index in [0.717, 1.165) is 12.2 Å². The van der Waals surface area contributed by atoms with Crippen molar-refractivity contribution in [1.29, 1.82) is 0 Å². The van der Waals surface area contributed by atoms with Crippen LogP contribution in [0.2, 0.25) is 0 Å². The fraction of sp³-hybridized carbons (Fsp3) is 0.231. The Kier molecular flexibility index (Phi) is 7.91. The fourth-order valence-corrected chi connectivity index (χ4v) is 3.61. The van der Waals surface area contributed by atoms with Crippen LogP contribution >= 0.6 is 0 Å². The van der Waals surface area contributed by atoms with Crippen molar-refractivity contribution in [2.75, 3.05) is 32.8 Å². The summed E-state index contributed by atoms with van der Waals surface area (Å²) in [5, 5.41) is 3.21. The number of carbonyl (C=O) groups excluding carboxylic acids is 2. The average Bonchev–Trinajstić information content (AvgIpc) is 2.89. The molecule has 1 aliphatic rings. The number of ketones is 2. The molecule has 2 aromatic carbocycles. The Morgan fingerprint density at radius 3 is 2.39 bits per heavy atom. The van der Waals surface area contributed by atoms with Crippen LogP contribution in [0.1, 0.15) is 11.7 Å².